The molecule has 2 nitrogen and oxygen atoms in total. The van der Waals surface area contributed by atoms with Crippen molar-refractivity contribution in [1.29, 1.82) is 0 Å². The van der Waals surface area contributed by atoms with E-state index in [-0.39, 0.29) is 0 Å². The molecular weight excluding hydrogens is 246 g/mol. The van der Waals surface area contributed by atoms with Gasteiger partial charge in [0.05, 0.1) is 13.2 Å². The lowest BCUT2D eigenvalue weighted by Crippen LogP contribution is -2.25. The van der Waals surface area contributed by atoms with Gasteiger partial charge >= 0.3 is 0 Å². The Labute approximate surface area is 123 Å². The van der Waals surface area contributed by atoms with Gasteiger partial charge in [-0.25, -0.2) is 0 Å². The predicted octanol–water partition coefficient (Wildman–Crippen LogP) is 4.54. The van der Waals surface area contributed by atoms with Crippen LogP contribution in [-0.2, 0) is 0 Å². The average molecular weight is 273 g/mol. The summed E-state index contributed by atoms with van der Waals surface area (Å²) in [7, 11) is 1.76. The number of methoxy groups -OCH3 is 1. The van der Waals surface area contributed by atoms with E-state index in [0.717, 1.165) is 18.7 Å². The third-order valence-corrected chi connectivity index (χ3v) is 3.99. The minimum Gasteiger partial charge on any atom is -0.496 e. The summed E-state index contributed by atoms with van der Waals surface area (Å²) in [6.45, 7) is 5.40. The number of aryl methyl sites for hydroxylation is 1. The first-order valence-corrected chi connectivity index (χ1v) is 7.83. The van der Waals surface area contributed by atoms with Gasteiger partial charge in [0.2, 0.25) is 0 Å². The normalized spacial score (nSPS) is 16.6. The molecule has 0 spiro atoms. The first-order chi connectivity index (χ1) is 9.76. The second kappa shape index (κ2) is 7.49. The molecule has 2 rings (SSSR count). The van der Waals surface area contributed by atoms with Crippen molar-refractivity contribution >= 4 is 0 Å². The molecule has 20 heavy (non-hydrogen) atoms. The van der Waals surface area contributed by atoms with Gasteiger partial charge < -0.3 is 10.1 Å². The summed E-state index contributed by atoms with van der Waals surface area (Å²) < 4.78 is 5.58. The molecule has 0 radical (unpaired) electrons. The van der Waals surface area contributed by atoms with Crippen molar-refractivity contribution in [3.63, 3.8) is 0 Å². The molecule has 1 aliphatic carbocycles. The van der Waals surface area contributed by atoms with Gasteiger partial charge in [-0.1, -0.05) is 36.3 Å². The summed E-state index contributed by atoms with van der Waals surface area (Å²) in [5, 5.41) is 3.71. The van der Waals surface area contributed by atoms with Gasteiger partial charge in [-0.3, -0.25) is 0 Å². The zero-order valence-electron chi connectivity index (χ0n) is 13.0. The van der Waals surface area contributed by atoms with E-state index in [1.165, 1.54) is 42.4 Å². The quantitative estimate of drug-likeness (QED) is 0.768. The SMILES string of the molecule is CCCNC(C1=CCCCC1)c1cc(C)ccc1OC. The number of ether oxygens (including phenoxy) is 1. The van der Waals surface area contributed by atoms with E-state index in [2.05, 4.69) is 43.4 Å². The van der Waals surface area contributed by atoms with Crippen LogP contribution in [0.3, 0.4) is 0 Å². The average Bonchev–Trinajstić information content (AvgIpc) is 2.49. The second-order valence-corrected chi connectivity index (χ2v) is 5.66. The Morgan fingerprint density at radius 2 is 2.15 bits per heavy atom. The Morgan fingerprint density at radius 3 is 2.80 bits per heavy atom. The number of hydrogen-bond donors (Lipinski definition) is 1. The molecule has 0 saturated carbocycles. The van der Waals surface area contributed by atoms with Crippen molar-refractivity contribution in [2.45, 2.75) is 52.0 Å². The molecule has 0 aromatic heterocycles. The topological polar surface area (TPSA) is 21.3 Å². The van der Waals surface area contributed by atoms with Gasteiger partial charge in [0.15, 0.2) is 0 Å². The number of rotatable bonds is 6. The lowest BCUT2D eigenvalue weighted by atomic mass is 9.88. The molecule has 1 aliphatic rings. The molecule has 1 atom stereocenters. The van der Waals surface area contributed by atoms with Crippen molar-refractivity contribution in [2.75, 3.05) is 13.7 Å². The third-order valence-electron chi connectivity index (χ3n) is 3.99. The van der Waals surface area contributed by atoms with Crippen LogP contribution in [-0.4, -0.2) is 13.7 Å². The maximum absolute atomic E-state index is 5.58. The highest BCUT2D eigenvalue weighted by molar-refractivity contribution is 5.43. The highest BCUT2D eigenvalue weighted by Crippen LogP contribution is 2.35. The van der Waals surface area contributed by atoms with Crippen molar-refractivity contribution in [3.05, 3.63) is 41.0 Å². The molecule has 2 heteroatoms. The summed E-state index contributed by atoms with van der Waals surface area (Å²) in [5.41, 5.74) is 4.11. The summed E-state index contributed by atoms with van der Waals surface area (Å²) in [4.78, 5) is 0. The standard InChI is InChI=1S/C18H27NO/c1-4-12-19-18(15-8-6-5-7-9-15)16-13-14(2)10-11-17(16)20-3/h8,10-11,13,18-19H,4-7,9,12H2,1-3H3. The third kappa shape index (κ3) is 3.63. The number of allylic oxidation sites excluding steroid dienone is 1. The highest BCUT2D eigenvalue weighted by Gasteiger charge is 2.21. The molecular formula is C18H27NO. The Bertz CT molecular complexity index is 464. The minimum atomic E-state index is 0.310. The van der Waals surface area contributed by atoms with Crippen molar-refractivity contribution in [1.82, 2.24) is 5.32 Å². The van der Waals surface area contributed by atoms with Crippen LogP contribution in [0.15, 0.2) is 29.8 Å². The van der Waals surface area contributed by atoms with Gasteiger partial charge in [-0.2, -0.15) is 0 Å². The molecule has 0 saturated heterocycles. The highest BCUT2D eigenvalue weighted by atomic mass is 16.5. The van der Waals surface area contributed by atoms with E-state index in [0.29, 0.717) is 6.04 Å². The fraction of sp³-hybridized carbons (Fsp3) is 0.556. The number of hydrogen-bond acceptors (Lipinski definition) is 2. The van der Waals surface area contributed by atoms with E-state index in [1.807, 2.05) is 0 Å². The molecule has 0 fully saturated rings. The Morgan fingerprint density at radius 1 is 1.30 bits per heavy atom. The van der Waals surface area contributed by atoms with Gasteiger partial charge in [-0.15, -0.1) is 0 Å². The van der Waals surface area contributed by atoms with E-state index < -0.39 is 0 Å². The molecule has 110 valence electrons. The van der Waals surface area contributed by atoms with Crippen molar-refractivity contribution in [3.8, 4) is 5.75 Å². The lowest BCUT2D eigenvalue weighted by Gasteiger charge is -2.26. The van der Waals surface area contributed by atoms with E-state index in [9.17, 15) is 0 Å². The van der Waals surface area contributed by atoms with Crippen molar-refractivity contribution in [2.24, 2.45) is 0 Å². The number of benzene rings is 1. The van der Waals surface area contributed by atoms with Crippen molar-refractivity contribution < 1.29 is 4.74 Å². The van der Waals surface area contributed by atoms with Gasteiger partial charge in [0.25, 0.3) is 0 Å². The Hall–Kier alpha value is -1.28. The Balaban J connectivity index is 2.34. The zero-order chi connectivity index (χ0) is 14.4. The molecule has 1 aromatic carbocycles. The van der Waals surface area contributed by atoms with Crippen LogP contribution in [0.25, 0.3) is 0 Å². The maximum atomic E-state index is 5.58. The molecule has 1 aromatic rings. The fourth-order valence-corrected chi connectivity index (χ4v) is 2.93. The summed E-state index contributed by atoms with van der Waals surface area (Å²) in [5.74, 6) is 0.996. The minimum absolute atomic E-state index is 0.310. The molecule has 0 heterocycles. The summed E-state index contributed by atoms with van der Waals surface area (Å²) in [6.07, 6.45) is 8.64. The largest absolute Gasteiger partial charge is 0.496 e. The molecule has 0 aliphatic heterocycles. The zero-order valence-corrected chi connectivity index (χ0v) is 13.0. The van der Waals surface area contributed by atoms with E-state index >= 15 is 0 Å². The fourth-order valence-electron chi connectivity index (χ4n) is 2.93. The van der Waals surface area contributed by atoms with E-state index in [1.54, 1.807) is 7.11 Å². The molecule has 0 amide bonds. The molecule has 1 N–H and O–H groups in total. The number of nitrogens with one attached hydrogen (secondary N) is 1. The van der Waals surface area contributed by atoms with Crippen LogP contribution < -0.4 is 10.1 Å². The Kier molecular flexibility index (Phi) is 5.66. The van der Waals surface area contributed by atoms with Crippen LogP contribution in [0.4, 0.5) is 0 Å². The van der Waals surface area contributed by atoms with Gasteiger partial charge in [-0.05, 0) is 51.6 Å². The maximum Gasteiger partial charge on any atom is 0.123 e. The van der Waals surface area contributed by atoms with Crippen LogP contribution in [0.1, 0.15) is 56.2 Å². The predicted molar refractivity (Wildman–Crippen MR) is 85.3 cm³/mol. The van der Waals surface area contributed by atoms with Crippen LogP contribution in [0.2, 0.25) is 0 Å². The van der Waals surface area contributed by atoms with Crippen LogP contribution in [0.5, 0.6) is 5.75 Å². The summed E-state index contributed by atoms with van der Waals surface area (Å²) in [6, 6.07) is 6.79. The first kappa shape index (κ1) is 15.1. The monoisotopic (exact) mass is 273 g/mol. The van der Waals surface area contributed by atoms with E-state index in [4.69, 9.17) is 4.74 Å². The van der Waals surface area contributed by atoms with Gasteiger partial charge in [0.1, 0.15) is 5.75 Å². The smallest absolute Gasteiger partial charge is 0.123 e. The molecule has 1 unspecified atom stereocenters. The lowest BCUT2D eigenvalue weighted by molar-refractivity contribution is 0.401. The molecule has 0 bridgehead atoms. The van der Waals surface area contributed by atoms with Gasteiger partial charge in [0, 0.05) is 5.56 Å². The first-order valence-electron chi connectivity index (χ1n) is 7.83. The van der Waals surface area contributed by atoms with Crippen LogP contribution >= 0.6 is 0 Å². The van der Waals surface area contributed by atoms with Crippen LogP contribution in [0, 0.1) is 6.92 Å². The second-order valence-electron chi connectivity index (χ2n) is 5.66. The summed E-state index contributed by atoms with van der Waals surface area (Å²) >= 11 is 0.